The van der Waals surface area contributed by atoms with Gasteiger partial charge in [0.1, 0.15) is 12.4 Å². The third kappa shape index (κ3) is 3.67. The van der Waals surface area contributed by atoms with Crippen molar-refractivity contribution in [2.45, 2.75) is 51.1 Å². The minimum atomic E-state index is -5.02. The van der Waals surface area contributed by atoms with Crippen molar-refractivity contribution in [3.8, 4) is 5.75 Å². The number of hydrogen-bond donors (Lipinski definition) is 1. The number of alkyl halides is 3. The van der Waals surface area contributed by atoms with Gasteiger partial charge >= 0.3 is 6.18 Å². The van der Waals surface area contributed by atoms with Crippen molar-refractivity contribution < 1.29 is 27.8 Å². The van der Waals surface area contributed by atoms with Gasteiger partial charge in [-0.15, -0.1) is 0 Å². The Morgan fingerprint density at radius 1 is 1.17 bits per heavy atom. The van der Waals surface area contributed by atoms with Crippen LogP contribution in [0.25, 0.3) is 0 Å². The Morgan fingerprint density at radius 2 is 1.87 bits per heavy atom. The number of benzene rings is 2. The van der Waals surface area contributed by atoms with Gasteiger partial charge in [-0.3, -0.25) is 4.79 Å². The largest absolute Gasteiger partial charge is 0.489 e. The maximum absolute atomic E-state index is 13.3. The van der Waals surface area contributed by atoms with Crippen LogP contribution in [0.1, 0.15) is 46.8 Å². The Morgan fingerprint density at radius 3 is 2.57 bits per heavy atom. The first-order valence-electron chi connectivity index (χ1n) is 9.69. The van der Waals surface area contributed by atoms with Gasteiger partial charge in [0.05, 0.1) is 0 Å². The molecule has 5 nitrogen and oxygen atoms in total. The molecule has 1 amide bonds. The summed E-state index contributed by atoms with van der Waals surface area (Å²) in [5.74, 6) is -0.259. The predicted molar refractivity (Wildman–Crippen MR) is 104 cm³/mol. The van der Waals surface area contributed by atoms with E-state index in [2.05, 4.69) is 11.2 Å². The number of hydrogen-bond acceptors (Lipinski definition) is 4. The van der Waals surface area contributed by atoms with Crippen molar-refractivity contribution in [2.24, 2.45) is 5.10 Å². The lowest BCUT2D eigenvalue weighted by Crippen LogP contribution is -2.56. The molecular formula is C22H21F3N2O3. The van der Waals surface area contributed by atoms with Crippen LogP contribution in [0, 0.1) is 0 Å². The summed E-state index contributed by atoms with van der Waals surface area (Å²) in [6.45, 7) is 1.60. The predicted octanol–water partition coefficient (Wildman–Crippen LogP) is 4.23. The average molecular weight is 418 g/mol. The van der Waals surface area contributed by atoms with E-state index in [-0.39, 0.29) is 22.9 Å². The van der Waals surface area contributed by atoms with E-state index in [1.165, 1.54) is 30.2 Å². The van der Waals surface area contributed by atoms with Gasteiger partial charge < -0.3 is 9.84 Å². The van der Waals surface area contributed by atoms with Crippen molar-refractivity contribution >= 4 is 11.6 Å². The van der Waals surface area contributed by atoms with Crippen LogP contribution in [0.4, 0.5) is 13.2 Å². The first-order valence-corrected chi connectivity index (χ1v) is 9.69. The van der Waals surface area contributed by atoms with Crippen molar-refractivity contribution in [3.05, 3.63) is 64.7 Å². The van der Waals surface area contributed by atoms with Gasteiger partial charge in [-0.1, -0.05) is 18.2 Å². The Kier molecular flexibility index (Phi) is 5.05. The summed E-state index contributed by atoms with van der Waals surface area (Å²) < 4.78 is 45.8. The zero-order valence-corrected chi connectivity index (χ0v) is 16.4. The maximum atomic E-state index is 13.3. The number of aryl methyl sites for hydroxylation is 2. The van der Waals surface area contributed by atoms with E-state index in [0.29, 0.717) is 0 Å². The third-order valence-electron chi connectivity index (χ3n) is 5.45. The quantitative estimate of drug-likeness (QED) is 0.809. The molecule has 0 bridgehead atoms. The lowest BCUT2D eigenvalue weighted by atomic mass is 10.1. The van der Waals surface area contributed by atoms with E-state index in [4.69, 9.17) is 4.74 Å². The fraction of sp³-hybridized carbons (Fsp3) is 0.364. The molecule has 4 rings (SSSR count). The summed E-state index contributed by atoms with van der Waals surface area (Å²) in [6, 6.07) is 12.1. The van der Waals surface area contributed by atoms with Crippen molar-refractivity contribution in [2.75, 3.05) is 0 Å². The van der Waals surface area contributed by atoms with Crippen molar-refractivity contribution in [1.29, 1.82) is 0 Å². The van der Waals surface area contributed by atoms with Gasteiger partial charge in [-0.25, -0.2) is 0 Å². The Bertz CT molecular complexity index is 1000. The highest BCUT2D eigenvalue weighted by Crippen LogP contribution is 2.40. The Hall–Kier alpha value is -2.87. The second kappa shape index (κ2) is 7.43. The molecular weight excluding hydrogens is 397 g/mol. The minimum Gasteiger partial charge on any atom is -0.489 e. The smallest absolute Gasteiger partial charge is 0.438 e. The van der Waals surface area contributed by atoms with Crippen LogP contribution in [0.2, 0.25) is 0 Å². The van der Waals surface area contributed by atoms with Gasteiger partial charge in [-0.2, -0.15) is 23.3 Å². The van der Waals surface area contributed by atoms with E-state index < -0.39 is 24.2 Å². The van der Waals surface area contributed by atoms with Gasteiger partial charge in [0.15, 0.2) is 0 Å². The highest BCUT2D eigenvalue weighted by Gasteiger charge is 2.62. The van der Waals surface area contributed by atoms with Crippen LogP contribution >= 0.6 is 0 Å². The summed E-state index contributed by atoms with van der Waals surface area (Å²) in [6.07, 6.45) is -2.50. The van der Waals surface area contributed by atoms with Gasteiger partial charge in [-0.05, 0) is 67.1 Å². The highest BCUT2D eigenvalue weighted by atomic mass is 19.4. The Labute approximate surface area is 171 Å². The van der Waals surface area contributed by atoms with Crippen LogP contribution in [-0.4, -0.2) is 33.6 Å². The monoisotopic (exact) mass is 418 g/mol. The van der Waals surface area contributed by atoms with Crippen LogP contribution in [0.3, 0.4) is 0 Å². The Balaban J connectivity index is 1.45. The fourth-order valence-corrected chi connectivity index (χ4v) is 3.82. The molecule has 1 aliphatic carbocycles. The average Bonchev–Trinajstić information content (AvgIpc) is 3.29. The van der Waals surface area contributed by atoms with E-state index in [1.807, 2.05) is 12.1 Å². The molecule has 2 aliphatic rings. The molecule has 0 saturated heterocycles. The van der Waals surface area contributed by atoms with E-state index in [9.17, 15) is 23.1 Å². The molecule has 0 fully saturated rings. The molecule has 0 unspecified atom stereocenters. The molecule has 30 heavy (non-hydrogen) atoms. The number of carbonyl (C=O) groups excluding carboxylic acids is 1. The van der Waals surface area contributed by atoms with Crippen LogP contribution in [0.5, 0.6) is 5.75 Å². The summed E-state index contributed by atoms with van der Waals surface area (Å²) in [4.78, 5) is 12.6. The van der Waals surface area contributed by atoms with Crippen LogP contribution < -0.4 is 4.74 Å². The second-order valence-electron chi connectivity index (χ2n) is 7.71. The number of halogens is 3. The highest BCUT2D eigenvalue weighted by molar-refractivity contribution is 5.97. The lowest BCUT2D eigenvalue weighted by Gasteiger charge is -2.32. The number of rotatable bonds is 4. The normalized spacial score (nSPS) is 20.8. The molecule has 2 aromatic carbocycles. The molecule has 0 spiro atoms. The van der Waals surface area contributed by atoms with Crippen LogP contribution in [-0.2, 0) is 19.4 Å². The summed E-state index contributed by atoms with van der Waals surface area (Å²) >= 11 is 0. The number of hydrazone groups is 1. The zero-order chi connectivity index (χ0) is 21.5. The molecule has 1 N–H and O–H groups in total. The molecule has 1 aliphatic heterocycles. The standard InChI is InChI=1S/C22H21F3N2O3/c1-14-12-21(29,22(23,24)25)27(26-14)20(28)17-7-5-15(6-8-17)13-30-19-10-9-16-3-2-4-18(16)11-19/h5-11,29H,2-4,12-13H2,1H3/t21-/m0/s1. The molecule has 0 radical (unpaired) electrons. The first-order chi connectivity index (χ1) is 14.2. The SMILES string of the molecule is CC1=NN(C(=O)c2ccc(COc3ccc4c(c3)CCC4)cc2)[C@@](O)(C(F)(F)F)C1. The number of aliphatic hydroxyl groups is 1. The van der Waals surface area contributed by atoms with E-state index in [0.717, 1.165) is 30.6 Å². The molecule has 8 heteroatoms. The van der Waals surface area contributed by atoms with E-state index in [1.54, 1.807) is 12.1 Å². The summed E-state index contributed by atoms with van der Waals surface area (Å²) in [7, 11) is 0. The number of ether oxygens (including phenoxy) is 1. The first kappa shape index (κ1) is 20.4. The number of fused-ring (bicyclic) bond motifs is 1. The topological polar surface area (TPSA) is 62.1 Å². The molecule has 2 aromatic rings. The number of carbonyl (C=O) groups is 1. The fourth-order valence-electron chi connectivity index (χ4n) is 3.82. The van der Waals surface area contributed by atoms with Crippen molar-refractivity contribution in [1.82, 2.24) is 5.01 Å². The molecule has 158 valence electrons. The number of amides is 1. The van der Waals surface area contributed by atoms with Gasteiger partial charge in [0, 0.05) is 17.7 Å². The third-order valence-corrected chi connectivity index (χ3v) is 5.45. The van der Waals surface area contributed by atoms with Gasteiger partial charge in [0.25, 0.3) is 11.6 Å². The van der Waals surface area contributed by atoms with Crippen molar-refractivity contribution in [3.63, 3.8) is 0 Å². The molecule has 0 saturated carbocycles. The zero-order valence-electron chi connectivity index (χ0n) is 16.4. The second-order valence-corrected chi connectivity index (χ2v) is 7.71. The summed E-state index contributed by atoms with van der Waals surface area (Å²) in [5.41, 5.74) is 0.110. The van der Waals surface area contributed by atoms with Crippen LogP contribution in [0.15, 0.2) is 47.6 Å². The molecule has 0 aromatic heterocycles. The maximum Gasteiger partial charge on any atom is 0.438 e. The molecule has 1 atom stereocenters. The lowest BCUT2D eigenvalue weighted by molar-refractivity contribution is -0.297. The molecule has 1 heterocycles. The van der Waals surface area contributed by atoms with Gasteiger partial charge in [0.2, 0.25) is 0 Å². The summed E-state index contributed by atoms with van der Waals surface area (Å²) in [5, 5.41) is 13.8. The minimum absolute atomic E-state index is 0.00240. The van der Waals surface area contributed by atoms with E-state index >= 15 is 0 Å². The number of nitrogens with zero attached hydrogens (tertiary/aromatic N) is 2.